The second kappa shape index (κ2) is 6.57. The minimum Gasteiger partial charge on any atom is -0.497 e. The van der Waals surface area contributed by atoms with Gasteiger partial charge in [-0.15, -0.1) is 0 Å². The van der Waals surface area contributed by atoms with Crippen molar-refractivity contribution in [2.75, 3.05) is 13.7 Å². The maximum absolute atomic E-state index is 9.78. The number of allylic oxidation sites excluding steroid dienone is 1. The van der Waals surface area contributed by atoms with Crippen LogP contribution in [-0.4, -0.2) is 19.7 Å². The SMILES string of the molecule is COc1cccc(C/C=C\CN=C=O)c1. The van der Waals surface area contributed by atoms with Gasteiger partial charge in [-0.3, -0.25) is 0 Å². The van der Waals surface area contributed by atoms with Crippen LogP contribution in [-0.2, 0) is 11.2 Å². The smallest absolute Gasteiger partial charge is 0.235 e. The third-order valence-corrected chi connectivity index (χ3v) is 1.92. The molecule has 1 rings (SSSR count). The minimum absolute atomic E-state index is 0.396. The van der Waals surface area contributed by atoms with E-state index in [1.54, 1.807) is 7.11 Å². The van der Waals surface area contributed by atoms with E-state index in [1.165, 1.54) is 11.6 Å². The number of methoxy groups -OCH3 is 1. The highest BCUT2D eigenvalue weighted by molar-refractivity contribution is 5.33. The number of ether oxygens (including phenoxy) is 1. The van der Waals surface area contributed by atoms with Gasteiger partial charge in [-0.1, -0.05) is 24.3 Å². The van der Waals surface area contributed by atoms with E-state index in [-0.39, 0.29) is 0 Å². The summed E-state index contributed by atoms with van der Waals surface area (Å²) in [5.74, 6) is 0.854. The molecule has 0 unspecified atom stereocenters. The van der Waals surface area contributed by atoms with Crippen molar-refractivity contribution in [1.29, 1.82) is 0 Å². The highest BCUT2D eigenvalue weighted by Gasteiger charge is 1.92. The maximum atomic E-state index is 9.78. The van der Waals surface area contributed by atoms with Crippen molar-refractivity contribution in [3.05, 3.63) is 42.0 Å². The molecule has 0 bridgehead atoms. The normalized spacial score (nSPS) is 9.93. The predicted molar refractivity (Wildman–Crippen MR) is 58.8 cm³/mol. The van der Waals surface area contributed by atoms with Gasteiger partial charge in [0.15, 0.2) is 0 Å². The Morgan fingerprint density at radius 3 is 3.07 bits per heavy atom. The second-order valence-electron chi connectivity index (χ2n) is 2.96. The Morgan fingerprint density at radius 2 is 2.33 bits per heavy atom. The third kappa shape index (κ3) is 4.25. The van der Waals surface area contributed by atoms with Gasteiger partial charge in [-0.25, -0.2) is 9.79 Å². The number of nitrogens with zero attached hydrogens (tertiary/aromatic N) is 1. The van der Waals surface area contributed by atoms with Crippen LogP contribution in [0.3, 0.4) is 0 Å². The van der Waals surface area contributed by atoms with Gasteiger partial charge in [0.1, 0.15) is 5.75 Å². The van der Waals surface area contributed by atoms with Crippen LogP contribution in [0.5, 0.6) is 5.75 Å². The van der Waals surface area contributed by atoms with Gasteiger partial charge < -0.3 is 4.74 Å². The number of aliphatic imine (C=N–C) groups is 1. The summed E-state index contributed by atoms with van der Waals surface area (Å²) in [6.45, 7) is 0.396. The molecule has 0 aromatic heterocycles. The molecule has 1 aromatic carbocycles. The molecule has 0 fully saturated rings. The molecule has 0 heterocycles. The lowest BCUT2D eigenvalue weighted by Gasteiger charge is -2.01. The Kier molecular flexibility index (Phi) is 4.91. The van der Waals surface area contributed by atoms with Gasteiger partial charge in [0.25, 0.3) is 0 Å². The summed E-state index contributed by atoms with van der Waals surface area (Å²) in [6.07, 6.45) is 6.10. The van der Waals surface area contributed by atoms with Gasteiger partial charge in [0.2, 0.25) is 6.08 Å². The molecule has 3 heteroatoms. The second-order valence-corrected chi connectivity index (χ2v) is 2.96. The lowest BCUT2D eigenvalue weighted by molar-refractivity contribution is 0.414. The first kappa shape index (κ1) is 11.2. The van der Waals surface area contributed by atoms with Gasteiger partial charge in [-0.05, 0) is 24.1 Å². The molecule has 0 N–H and O–H groups in total. The topological polar surface area (TPSA) is 38.7 Å². The standard InChI is InChI=1S/C12H13NO2/c1-15-12-7-4-6-11(9-12)5-2-3-8-13-10-14/h2-4,6-7,9H,5,8H2,1H3/b3-2-. The molecule has 0 radical (unpaired) electrons. The molecule has 0 aliphatic heterocycles. The molecule has 1 aromatic rings. The average Bonchev–Trinajstić information content (AvgIpc) is 2.29. The average molecular weight is 203 g/mol. The first-order valence-electron chi connectivity index (χ1n) is 4.68. The summed E-state index contributed by atoms with van der Waals surface area (Å²) >= 11 is 0. The lowest BCUT2D eigenvalue weighted by atomic mass is 10.1. The summed E-state index contributed by atoms with van der Waals surface area (Å²) in [4.78, 5) is 13.2. The number of hydrogen-bond acceptors (Lipinski definition) is 3. The lowest BCUT2D eigenvalue weighted by Crippen LogP contribution is -1.85. The quantitative estimate of drug-likeness (QED) is 0.417. The number of isocyanates is 1. The van der Waals surface area contributed by atoms with E-state index < -0.39 is 0 Å². The van der Waals surface area contributed by atoms with Gasteiger partial charge in [0, 0.05) is 0 Å². The van der Waals surface area contributed by atoms with E-state index in [2.05, 4.69) is 4.99 Å². The zero-order valence-electron chi connectivity index (χ0n) is 8.64. The molecule has 15 heavy (non-hydrogen) atoms. The van der Waals surface area contributed by atoms with Crippen molar-refractivity contribution >= 4 is 6.08 Å². The van der Waals surface area contributed by atoms with E-state index in [4.69, 9.17) is 4.74 Å². The number of carbonyl (C=O) groups excluding carboxylic acids is 1. The van der Waals surface area contributed by atoms with Gasteiger partial charge in [0.05, 0.1) is 13.7 Å². The van der Waals surface area contributed by atoms with Crippen molar-refractivity contribution < 1.29 is 9.53 Å². The maximum Gasteiger partial charge on any atom is 0.235 e. The van der Waals surface area contributed by atoms with Crippen molar-refractivity contribution in [3.63, 3.8) is 0 Å². The summed E-state index contributed by atoms with van der Waals surface area (Å²) in [7, 11) is 1.65. The molecule has 0 amide bonds. The van der Waals surface area contributed by atoms with Crippen molar-refractivity contribution in [2.45, 2.75) is 6.42 Å². The Bertz CT molecular complexity index is 379. The van der Waals surface area contributed by atoms with E-state index >= 15 is 0 Å². The van der Waals surface area contributed by atoms with Gasteiger partial charge >= 0.3 is 0 Å². The van der Waals surface area contributed by atoms with Gasteiger partial charge in [-0.2, -0.15) is 0 Å². The highest BCUT2D eigenvalue weighted by atomic mass is 16.5. The van der Waals surface area contributed by atoms with Crippen molar-refractivity contribution in [3.8, 4) is 5.75 Å². The number of hydrogen-bond donors (Lipinski definition) is 0. The number of rotatable bonds is 5. The fourth-order valence-corrected chi connectivity index (χ4v) is 1.18. The summed E-state index contributed by atoms with van der Waals surface area (Å²) < 4.78 is 5.11. The Morgan fingerprint density at radius 1 is 1.47 bits per heavy atom. The third-order valence-electron chi connectivity index (χ3n) is 1.92. The fraction of sp³-hybridized carbons (Fsp3) is 0.250. The molecule has 0 aliphatic rings. The van der Waals surface area contributed by atoms with E-state index in [0.717, 1.165) is 12.2 Å². The minimum atomic E-state index is 0.396. The summed E-state index contributed by atoms with van der Waals surface area (Å²) in [6, 6.07) is 7.86. The highest BCUT2D eigenvalue weighted by Crippen LogP contribution is 2.12. The number of benzene rings is 1. The molecular formula is C12H13NO2. The van der Waals surface area contributed by atoms with Crippen LogP contribution in [0.1, 0.15) is 5.56 Å². The Labute approximate surface area is 89.1 Å². The molecule has 3 nitrogen and oxygen atoms in total. The predicted octanol–water partition coefficient (Wildman–Crippen LogP) is 2.13. The van der Waals surface area contributed by atoms with Crippen LogP contribution in [0.2, 0.25) is 0 Å². The van der Waals surface area contributed by atoms with Crippen LogP contribution in [0, 0.1) is 0 Å². The first-order chi connectivity index (χ1) is 7.36. The Hall–Kier alpha value is -1.86. The van der Waals surface area contributed by atoms with E-state index in [1.807, 2.05) is 36.4 Å². The molecule has 0 spiro atoms. The van der Waals surface area contributed by atoms with Crippen LogP contribution >= 0.6 is 0 Å². The van der Waals surface area contributed by atoms with E-state index in [9.17, 15) is 4.79 Å². The zero-order chi connectivity index (χ0) is 10.9. The van der Waals surface area contributed by atoms with Crippen molar-refractivity contribution in [1.82, 2.24) is 0 Å². The molecule has 0 aliphatic carbocycles. The van der Waals surface area contributed by atoms with Crippen LogP contribution in [0.25, 0.3) is 0 Å². The molecule has 78 valence electrons. The molecule has 0 saturated heterocycles. The first-order valence-corrected chi connectivity index (χ1v) is 4.68. The van der Waals surface area contributed by atoms with Crippen LogP contribution < -0.4 is 4.74 Å². The van der Waals surface area contributed by atoms with E-state index in [0.29, 0.717) is 6.54 Å². The fourth-order valence-electron chi connectivity index (χ4n) is 1.18. The Balaban J connectivity index is 2.49. The van der Waals surface area contributed by atoms with Crippen LogP contribution in [0.15, 0.2) is 41.4 Å². The summed E-state index contributed by atoms with van der Waals surface area (Å²) in [5, 5.41) is 0. The van der Waals surface area contributed by atoms with Crippen LogP contribution in [0.4, 0.5) is 0 Å². The summed E-state index contributed by atoms with van der Waals surface area (Å²) in [5.41, 5.74) is 1.17. The largest absolute Gasteiger partial charge is 0.497 e. The molecule has 0 atom stereocenters. The monoisotopic (exact) mass is 203 g/mol. The molecule has 0 saturated carbocycles. The molecular weight excluding hydrogens is 190 g/mol. The van der Waals surface area contributed by atoms with Crippen molar-refractivity contribution in [2.24, 2.45) is 4.99 Å². The zero-order valence-corrected chi connectivity index (χ0v) is 8.64.